The van der Waals surface area contributed by atoms with Crippen molar-refractivity contribution >= 4 is 11.6 Å². The van der Waals surface area contributed by atoms with E-state index in [0.717, 1.165) is 5.56 Å². The Balaban J connectivity index is 2.53. The Hall–Kier alpha value is -1.58. The molecule has 0 saturated carbocycles. The number of carbonyl (C=O) groups excluding carboxylic acids is 1. The summed E-state index contributed by atoms with van der Waals surface area (Å²) in [4.78, 5) is 11.2. The highest BCUT2D eigenvalue weighted by molar-refractivity contribution is 5.85. The average Bonchev–Trinajstić information content (AvgIpc) is 2.39. The molecule has 1 atom stereocenters. The number of nitrogens with zero attached hydrogens (tertiary/aromatic N) is 1. The first-order valence-electron chi connectivity index (χ1n) is 4.73. The summed E-state index contributed by atoms with van der Waals surface area (Å²) < 4.78 is 13.1. The molecule has 0 bridgehead atoms. The zero-order valence-electron chi connectivity index (χ0n) is 8.62. The van der Waals surface area contributed by atoms with Gasteiger partial charge < -0.3 is 5.73 Å². The number of primary amides is 1. The van der Waals surface area contributed by atoms with E-state index in [4.69, 9.17) is 5.73 Å². The fourth-order valence-electron chi connectivity index (χ4n) is 2.00. The number of carbonyl (C=O) groups is 1. The molecule has 1 amide bonds. The van der Waals surface area contributed by atoms with Crippen LogP contribution in [0.15, 0.2) is 18.2 Å². The van der Waals surface area contributed by atoms with Crippen molar-refractivity contribution in [1.82, 2.24) is 5.32 Å². The molecule has 1 aliphatic heterocycles. The van der Waals surface area contributed by atoms with E-state index in [-0.39, 0.29) is 5.82 Å². The van der Waals surface area contributed by atoms with Crippen molar-refractivity contribution in [2.45, 2.75) is 25.3 Å². The van der Waals surface area contributed by atoms with E-state index in [2.05, 4.69) is 5.32 Å². The van der Waals surface area contributed by atoms with E-state index in [0.29, 0.717) is 5.69 Å². The number of amides is 1. The Kier molecular flexibility index (Phi) is 1.96. The van der Waals surface area contributed by atoms with Gasteiger partial charge in [-0.2, -0.15) is 0 Å². The minimum absolute atomic E-state index is 0.317. The number of fused-ring (bicyclic) bond motifs is 1. The molecule has 2 N–H and O–H groups in total. The van der Waals surface area contributed by atoms with Crippen LogP contribution < -0.4 is 11.1 Å². The maximum atomic E-state index is 13.1. The molecule has 2 rings (SSSR count). The summed E-state index contributed by atoms with van der Waals surface area (Å²) in [5.41, 5.74) is 6.14. The van der Waals surface area contributed by atoms with Crippen molar-refractivity contribution in [2.24, 2.45) is 5.73 Å². The summed E-state index contributed by atoms with van der Waals surface area (Å²) in [6.07, 6.45) is 0. The van der Waals surface area contributed by atoms with Crippen LogP contribution in [0.4, 0.5) is 10.1 Å². The Labute approximate surface area is 87.5 Å². The molecule has 4 heteroatoms. The van der Waals surface area contributed by atoms with Crippen LogP contribution in [0, 0.1) is 5.82 Å². The summed E-state index contributed by atoms with van der Waals surface area (Å²) in [5, 5.41) is 4.20. The first-order chi connectivity index (χ1) is 6.93. The van der Waals surface area contributed by atoms with Crippen LogP contribution in [0.5, 0.6) is 0 Å². The van der Waals surface area contributed by atoms with Gasteiger partial charge in [0.2, 0.25) is 5.91 Å². The topological polar surface area (TPSA) is 57.2 Å². The Morgan fingerprint density at radius 2 is 2.20 bits per heavy atom. The van der Waals surface area contributed by atoms with Crippen LogP contribution in [0.1, 0.15) is 19.4 Å². The van der Waals surface area contributed by atoms with Gasteiger partial charge in [0.05, 0.1) is 5.69 Å². The van der Waals surface area contributed by atoms with Crippen LogP contribution in [0.3, 0.4) is 0 Å². The van der Waals surface area contributed by atoms with Gasteiger partial charge in [0.15, 0.2) is 0 Å². The summed E-state index contributed by atoms with van der Waals surface area (Å²) in [7, 11) is 0. The maximum Gasteiger partial charge on any atom is 0.243 e. The number of benzene rings is 1. The van der Waals surface area contributed by atoms with Crippen LogP contribution in [-0.4, -0.2) is 11.9 Å². The molecule has 0 aliphatic carbocycles. The SMILES string of the molecule is CC1(C)c2cc(F)ccc2[N]C1C(N)=O. The lowest BCUT2D eigenvalue weighted by Crippen LogP contribution is -2.44. The molecule has 3 nitrogen and oxygen atoms in total. The highest BCUT2D eigenvalue weighted by Gasteiger charge is 2.44. The first-order valence-corrected chi connectivity index (χ1v) is 4.73. The summed E-state index contributed by atoms with van der Waals surface area (Å²) >= 11 is 0. The van der Waals surface area contributed by atoms with Gasteiger partial charge in [-0.25, -0.2) is 4.39 Å². The second-order valence-corrected chi connectivity index (χ2v) is 4.32. The number of nitrogens with two attached hydrogens (primary N) is 1. The van der Waals surface area contributed by atoms with Gasteiger partial charge in [0.1, 0.15) is 11.9 Å². The molecular weight excluding hydrogens is 195 g/mol. The molecule has 1 radical (unpaired) electrons. The molecule has 0 saturated heterocycles. The lowest BCUT2D eigenvalue weighted by atomic mass is 9.80. The highest BCUT2D eigenvalue weighted by Crippen LogP contribution is 2.40. The quantitative estimate of drug-likeness (QED) is 0.739. The van der Waals surface area contributed by atoms with E-state index in [1.807, 2.05) is 13.8 Å². The number of hydrogen-bond donors (Lipinski definition) is 1. The minimum atomic E-state index is -0.603. The minimum Gasteiger partial charge on any atom is -0.368 e. The standard InChI is InChI=1S/C11H12FN2O/c1-11(2)7-5-6(12)3-4-8(7)14-9(11)10(13)15/h3-5,9H,1-2H3,(H2,13,15). The Morgan fingerprint density at radius 3 is 2.80 bits per heavy atom. The van der Waals surface area contributed by atoms with Gasteiger partial charge in [-0.15, -0.1) is 0 Å². The Bertz CT molecular complexity index is 429. The van der Waals surface area contributed by atoms with Gasteiger partial charge in [-0.1, -0.05) is 13.8 Å². The molecule has 0 spiro atoms. The van der Waals surface area contributed by atoms with Crippen LogP contribution >= 0.6 is 0 Å². The zero-order valence-corrected chi connectivity index (χ0v) is 8.62. The fourth-order valence-corrected chi connectivity index (χ4v) is 2.00. The highest BCUT2D eigenvalue weighted by atomic mass is 19.1. The van der Waals surface area contributed by atoms with Crippen LogP contribution in [-0.2, 0) is 10.2 Å². The summed E-state index contributed by atoms with van der Waals surface area (Å²) in [6, 6.07) is 3.73. The third kappa shape index (κ3) is 1.37. The van der Waals surface area contributed by atoms with E-state index < -0.39 is 17.4 Å². The maximum absolute atomic E-state index is 13.1. The fraction of sp³-hybridized carbons (Fsp3) is 0.364. The molecule has 1 aromatic carbocycles. The normalized spacial score (nSPS) is 21.9. The predicted octanol–water partition coefficient (Wildman–Crippen LogP) is 1.21. The molecule has 1 heterocycles. The zero-order chi connectivity index (χ0) is 11.2. The largest absolute Gasteiger partial charge is 0.368 e. The summed E-state index contributed by atoms with van der Waals surface area (Å²) in [6.45, 7) is 3.69. The van der Waals surface area contributed by atoms with E-state index >= 15 is 0 Å². The van der Waals surface area contributed by atoms with E-state index in [9.17, 15) is 9.18 Å². The number of halogens is 1. The monoisotopic (exact) mass is 207 g/mol. The van der Waals surface area contributed by atoms with Crippen molar-refractivity contribution in [2.75, 3.05) is 0 Å². The van der Waals surface area contributed by atoms with Crippen LogP contribution in [0.2, 0.25) is 0 Å². The third-order valence-corrected chi connectivity index (χ3v) is 2.87. The predicted molar refractivity (Wildman–Crippen MR) is 54.2 cm³/mol. The van der Waals surface area contributed by atoms with E-state index in [1.165, 1.54) is 12.1 Å². The lowest BCUT2D eigenvalue weighted by Gasteiger charge is -2.23. The lowest BCUT2D eigenvalue weighted by molar-refractivity contribution is -0.120. The molecule has 1 unspecified atom stereocenters. The first kappa shape index (κ1) is 9.96. The number of hydrogen-bond acceptors (Lipinski definition) is 1. The second kappa shape index (κ2) is 2.95. The van der Waals surface area contributed by atoms with Gasteiger partial charge in [-0.05, 0) is 23.8 Å². The molecule has 0 fully saturated rings. The third-order valence-electron chi connectivity index (χ3n) is 2.87. The molecule has 0 aromatic heterocycles. The van der Waals surface area contributed by atoms with Crippen molar-refractivity contribution in [3.63, 3.8) is 0 Å². The van der Waals surface area contributed by atoms with Crippen molar-refractivity contribution in [3.8, 4) is 0 Å². The van der Waals surface area contributed by atoms with Gasteiger partial charge in [0, 0.05) is 5.41 Å². The molecule has 1 aliphatic rings. The molecular formula is C11H12FN2O. The van der Waals surface area contributed by atoms with Crippen molar-refractivity contribution in [3.05, 3.63) is 29.6 Å². The molecule has 1 aromatic rings. The second-order valence-electron chi connectivity index (χ2n) is 4.32. The molecule has 15 heavy (non-hydrogen) atoms. The van der Waals surface area contributed by atoms with Gasteiger partial charge in [0.25, 0.3) is 0 Å². The van der Waals surface area contributed by atoms with Crippen LogP contribution in [0.25, 0.3) is 0 Å². The molecule has 79 valence electrons. The van der Waals surface area contributed by atoms with Gasteiger partial charge in [-0.3, -0.25) is 10.1 Å². The van der Waals surface area contributed by atoms with Crippen molar-refractivity contribution in [1.29, 1.82) is 0 Å². The number of rotatable bonds is 1. The van der Waals surface area contributed by atoms with Gasteiger partial charge >= 0.3 is 0 Å². The van der Waals surface area contributed by atoms with Crippen molar-refractivity contribution < 1.29 is 9.18 Å². The summed E-state index contributed by atoms with van der Waals surface area (Å²) in [5.74, 6) is -0.793. The smallest absolute Gasteiger partial charge is 0.243 e. The van der Waals surface area contributed by atoms with E-state index in [1.54, 1.807) is 6.07 Å². The Morgan fingerprint density at radius 1 is 1.53 bits per heavy atom. The average molecular weight is 207 g/mol.